The Morgan fingerprint density at radius 2 is 2.07 bits per heavy atom. The smallest absolute Gasteiger partial charge is 0.157 e. The second-order valence-corrected chi connectivity index (χ2v) is 3.88. The van der Waals surface area contributed by atoms with Crippen LogP contribution < -0.4 is 5.73 Å². The van der Waals surface area contributed by atoms with E-state index in [-0.39, 0.29) is 0 Å². The van der Waals surface area contributed by atoms with Crippen molar-refractivity contribution in [2.24, 2.45) is 0 Å². The number of anilines is 1. The van der Waals surface area contributed by atoms with Crippen molar-refractivity contribution in [1.29, 1.82) is 0 Å². The summed E-state index contributed by atoms with van der Waals surface area (Å²) in [6.45, 7) is 1.81. The zero-order chi connectivity index (χ0) is 11.0. The molecule has 0 unspecified atom stereocenters. The predicted octanol–water partition coefficient (Wildman–Crippen LogP) is 2.46. The number of rotatable bonds is 1. The molecule has 4 nitrogen and oxygen atoms in total. The number of hydrogen-bond acceptors (Lipinski definition) is 3. The molecule has 0 aliphatic heterocycles. The van der Waals surface area contributed by atoms with E-state index in [0.717, 1.165) is 5.69 Å². The number of nitrogen functional groups attached to an aromatic ring is 1. The first-order valence-corrected chi connectivity index (χ1v) is 4.97. The highest BCUT2D eigenvalue weighted by Gasteiger charge is 2.06. The van der Waals surface area contributed by atoms with Crippen LogP contribution in [0.4, 0.5) is 5.69 Å². The van der Waals surface area contributed by atoms with Crippen LogP contribution >= 0.6 is 23.2 Å². The summed E-state index contributed by atoms with van der Waals surface area (Å²) in [6, 6.07) is 3.25. The van der Waals surface area contributed by atoms with Crippen molar-refractivity contribution in [3.05, 3.63) is 34.2 Å². The van der Waals surface area contributed by atoms with Crippen molar-refractivity contribution in [1.82, 2.24) is 14.8 Å². The number of nitrogens with two attached hydrogens (primary N) is 1. The second kappa shape index (κ2) is 3.72. The molecule has 2 heterocycles. The van der Waals surface area contributed by atoms with E-state index in [2.05, 4.69) is 10.1 Å². The molecule has 0 amide bonds. The van der Waals surface area contributed by atoms with Gasteiger partial charge in [-0.15, -0.1) is 0 Å². The summed E-state index contributed by atoms with van der Waals surface area (Å²) in [6.07, 6.45) is 1.66. The molecule has 0 aliphatic rings. The SMILES string of the molecule is Cc1nn(-c2cc(N)cc(Cl)n2)cc1Cl. The van der Waals surface area contributed by atoms with Gasteiger partial charge in [-0.1, -0.05) is 23.2 Å². The molecule has 6 heteroatoms. The van der Waals surface area contributed by atoms with Gasteiger partial charge in [0.05, 0.1) is 16.9 Å². The van der Waals surface area contributed by atoms with E-state index < -0.39 is 0 Å². The fourth-order valence-electron chi connectivity index (χ4n) is 1.18. The van der Waals surface area contributed by atoms with Crippen molar-refractivity contribution in [3.8, 4) is 5.82 Å². The van der Waals surface area contributed by atoms with Gasteiger partial charge >= 0.3 is 0 Å². The van der Waals surface area contributed by atoms with Crippen molar-refractivity contribution in [2.75, 3.05) is 5.73 Å². The lowest BCUT2D eigenvalue weighted by molar-refractivity contribution is 0.833. The van der Waals surface area contributed by atoms with Gasteiger partial charge in [0, 0.05) is 11.8 Å². The van der Waals surface area contributed by atoms with E-state index in [4.69, 9.17) is 28.9 Å². The Labute approximate surface area is 96.6 Å². The van der Waals surface area contributed by atoms with Gasteiger partial charge in [0.2, 0.25) is 0 Å². The molecule has 0 saturated heterocycles. The molecule has 0 bridgehead atoms. The summed E-state index contributed by atoms with van der Waals surface area (Å²) in [7, 11) is 0. The van der Waals surface area contributed by atoms with E-state index in [1.54, 1.807) is 23.0 Å². The van der Waals surface area contributed by atoms with E-state index in [1.807, 2.05) is 6.92 Å². The third kappa shape index (κ3) is 2.06. The van der Waals surface area contributed by atoms with Crippen molar-refractivity contribution < 1.29 is 0 Å². The van der Waals surface area contributed by atoms with Crippen molar-refractivity contribution in [2.45, 2.75) is 6.92 Å². The van der Waals surface area contributed by atoms with Gasteiger partial charge in [-0.05, 0) is 13.0 Å². The molecule has 0 aliphatic carbocycles. The van der Waals surface area contributed by atoms with E-state index in [9.17, 15) is 0 Å². The van der Waals surface area contributed by atoms with Gasteiger partial charge in [-0.3, -0.25) is 0 Å². The molecular weight excluding hydrogens is 235 g/mol. The van der Waals surface area contributed by atoms with Crippen LogP contribution in [0.1, 0.15) is 5.69 Å². The fraction of sp³-hybridized carbons (Fsp3) is 0.111. The van der Waals surface area contributed by atoms with Crippen LogP contribution in [0.2, 0.25) is 10.2 Å². The van der Waals surface area contributed by atoms with Crippen LogP contribution in [0.15, 0.2) is 18.3 Å². The Morgan fingerprint density at radius 3 is 2.60 bits per heavy atom. The topological polar surface area (TPSA) is 56.7 Å². The van der Waals surface area contributed by atoms with Crippen LogP contribution in [0.25, 0.3) is 5.82 Å². The highest BCUT2D eigenvalue weighted by molar-refractivity contribution is 6.31. The summed E-state index contributed by atoms with van der Waals surface area (Å²) in [4.78, 5) is 4.09. The van der Waals surface area contributed by atoms with Gasteiger partial charge in [0.15, 0.2) is 5.82 Å². The van der Waals surface area contributed by atoms with Crippen LogP contribution in [0.5, 0.6) is 0 Å². The average Bonchev–Trinajstić information content (AvgIpc) is 2.45. The average molecular weight is 243 g/mol. The number of hydrogen-bond donors (Lipinski definition) is 1. The first kappa shape index (κ1) is 10.3. The molecule has 2 aromatic heterocycles. The molecule has 0 saturated carbocycles. The van der Waals surface area contributed by atoms with E-state index in [1.165, 1.54) is 0 Å². The number of aryl methyl sites for hydroxylation is 1. The zero-order valence-electron chi connectivity index (χ0n) is 7.91. The van der Waals surface area contributed by atoms with Gasteiger partial charge in [0.1, 0.15) is 5.15 Å². The molecule has 0 radical (unpaired) electrons. The number of aromatic nitrogens is 3. The first-order chi connectivity index (χ1) is 7.06. The van der Waals surface area contributed by atoms with E-state index in [0.29, 0.717) is 21.7 Å². The fourth-order valence-corrected chi connectivity index (χ4v) is 1.52. The number of nitrogens with zero attached hydrogens (tertiary/aromatic N) is 3. The summed E-state index contributed by atoms with van der Waals surface area (Å²) < 4.78 is 1.54. The van der Waals surface area contributed by atoms with Crippen LogP contribution in [-0.2, 0) is 0 Å². The monoisotopic (exact) mass is 242 g/mol. The van der Waals surface area contributed by atoms with Crippen LogP contribution in [0.3, 0.4) is 0 Å². The van der Waals surface area contributed by atoms with Crippen molar-refractivity contribution >= 4 is 28.9 Å². The lowest BCUT2D eigenvalue weighted by Crippen LogP contribution is -2.00. The second-order valence-electron chi connectivity index (χ2n) is 3.09. The third-order valence-electron chi connectivity index (χ3n) is 1.88. The molecule has 0 spiro atoms. The molecule has 2 N–H and O–H groups in total. The maximum atomic E-state index is 5.88. The molecule has 0 atom stereocenters. The highest BCUT2D eigenvalue weighted by Crippen LogP contribution is 2.18. The Bertz CT molecular complexity index is 467. The molecule has 0 aromatic carbocycles. The predicted molar refractivity (Wildman–Crippen MR) is 60.5 cm³/mol. The maximum Gasteiger partial charge on any atom is 0.157 e. The minimum atomic E-state index is 0.328. The molecule has 0 fully saturated rings. The number of halogens is 2. The molecular formula is C9H8Cl2N4. The third-order valence-corrected chi connectivity index (χ3v) is 2.44. The lowest BCUT2D eigenvalue weighted by Gasteiger charge is -2.01. The Kier molecular flexibility index (Phi) is 2.54. The summed E-state index contributed by atoms with van der Waals surface area (Å²) >= 11 is 11.7. The summed E-state index contributed by atoms with van der Waals surface area (Å²) in [5.41, 5.74) is 6.91. The zero-order valence-corrected chi connectivity index (χ0v) is 9.42. The molecule has 2 aromatic rings. The quantitative estimate of drug-likeness (QED) is 0.782. The van der Waals surface area contributed by atoms with E-state index >= 15 is 0 Å². The standard InChI is InChI=1S/C9H8Cl2N4/c1-5-7(10)4-15(14-5)9-3-6(12)2-8(11)13-9/h2-4H,1H3,(H2,12,13). The van der Waals surface area contributed by atoms with Gasteiger partial charge < -0.3 is 5.73 Å². The van der Waals surface area contributed by atoms with Gasteiger partial charge in [-0.2, -0.15) is 5.10 Å². The van der Waals surface area contributed by atoms with Crippen molar-refractivity contribution in [3.63, 3.8) is 0 Å². The summed E-state index contributed by atoms with van der Waals surface area (Å²) in [5.74, 6) is 0.551. The molecule has 2 rings (SSSR count). The molecule has 15 heavy (non-hydrogen) atoms. The highest BCUT2D eigenvalue weighted by atomic mass is 35.5. The lowest BCUT2D eigenvalue weighted by atomic mass is 10.4. The van der Waals surface area contributed by atoms with Crippen LogP contribution in [-0.4, -0.2) is 14.8 Å². The minimum absolute atomic E-state index is 0.328. The normalized spacial score (nSPS) is 10.6. The first-order valence-electron chi connectivity index (χ1n) is 4.21. The van der Waals surface area contributed by atoms with Gasteiger partial charge in [-0.25, -0.2) is 9.67 Å². The Balaban J connectivity index is 2.53. The maximum absolute atomic E-state index is 5.88. The molecule has 78 valence electrons. The Morgan fingerprint density at radius 1 is 1.33 bits per heavy atom. The largest absolute Gasteiger partial charge is 0.399 e. The summed E-state index contributed by atoms with van der Waals surface area (Å²) in [5, 5.41) is 5.08. The minimum Gasteiger partial charge on any atom is -0.399 e. The number of pyridine rings is 1. The van der Waals surface area contributed by atoms with Crippen LogP contribution in [0, 0.1) is 6.92 Å². The van der Waals surface area contributed by atoms with Gasteiger partial charge in [0.25, 0.3) is 0 Å². The Hall–Kier alpha value is -1.26.